The van der Waals surface area contributed by atoms with Crippen molar-refractivity contribution in [2.24, 2.45) is 0 Å². The van der Waals surface area contributed by atoms with E-state index in [-0.39, 0.29) is 11.8 Å². The molecule has 2 aromatic carbocycles. The molecule has 2 aromatic heterocycles. The van der Waals surface area contributed by atoms with Crippen LogP contribution in [0.3, 0.4) is 0 Å². The molecule has 1 aliphatic heterocycles. The van der Waals surface area contributed by atoms with Crippen molar-refractivity contribution >= 4 is 35.1 Å². The molecule has 0 aliphatic carbocycles. The van der Waals surface area contributed by atoms with Gasteiger partial charge in [-0.25, -0.2) is 19.9 Å². The number of para-hydroxylation sites is 2. The summed E-state index contributed by atoms with van der Waals surface area (Å²) in [6.07, 6.45) is 3.11. The number of anilines is 4. The second-order valence-electron chi connectivity index (χ2n) is 8.10. The normalized spacial score (nSPS) is 13.2. The summed E-state index contributed by atoms with van der Waals surface area (Å²) in [5, 5.41) is 6.20. The largest absolute Gasteiger partial charge is 0.334 e. The molecular formula is C26H24N8O2. The molecule has 3 heterocycles. The van der Waals surface area contributed by atoms with Gasteiger partial charge in [-0.3, -0.25) is 9.59 Å². The maximum Gasteiger partial charge on any atom is 0.272 e. The van der Waals surface area contributed by atoms with E-state index in [1.165, 1.54) is 0 Å². The first kappa shape index (κ1) is 22.9. The van der Waals surface area contributed by atoms with Crippen LogP contribution in [0.5, 0.6) is 0 Å². The fourth-order valence-corrected chi connectivity index (χ4v) is 3.81. The minimum atomic E-state index is -0.197. The molecule has 1 fully saturated rings. The van der Waals surface area contributed by atoms with Gasteiger partial charge in [0.05, 0.1) is 0 Å². The fourth-order valence-electron chi connectivity index (χ4n) is 3.81. The average molecular weight is 481 g/mol. The highest BCUT2D eigenvalue weighted by Gasteiger charge is 2.27. The van der Waals surface area contributed by atoms with Gasteiger partial charge in [-0.15, -0.1) is 0 Å². The van der Waals surface area contributed by atoms with Crippen molar-refractivity contribution in [3.8, 4) is 0 Å². The first-order valence-corrected chi connectivity index (χ1v) is 11.5. The molecule has 0 atom stereocenters. The molecule has 10 nitrogen and oxygen atoms in total. The summed E-state index contributed by atoms with van der Waals surface area (Å²) in [4.78, 5) is 46.6. The standard InChI is InChI=1S/C26H24N8O2/c35-23(21-11-13-27-25(31-21)29-19-7-3-1-4-8-19)33-15-17-34(18-16-33)24(36)22-12-14-28-26(32-22)30-20-9-5-2-6-10-20/h1-14H,15-18H2,(H,27,29,31)(H,28,30,32). The highest BCUT2D eigenvalue weighted by atomic mass is 16.2. The summed E-state index contributed by atoms with van der Waals surface area (Å²) in [6.45, 7) is 1.60. The third-order valence-electron chi connectivity index (χ3n) is 5.66. The van der Waals surface area contributed by atoms with Crippen molar-refractivity contribution < 1.29 is 9.59 Å². The molecule has 0 radical (unpaired) electrons. The summed E-state index contributed by atoms with van der Waals surface area (Å²) >= 11 is 0. The average Bonchev–Trinajstić information content (AvgIpc) is 2.94. The van der Waals surface area contributed by atoms with Crippen LogP contribution in [0.2, 0.25) is 0 Å². The van der Waals surface area contributed by atoms with Crippen molar-refractivity contribution in [2.45, 2.75) is 0 Å². The molecular weight excluding hydrogens is 456 g/mol. The maximum atomic E-state index is 13.0. The number of nitrogens with one attached hydrogen (secondary N) is 2. The van der Waals surface area contributed by atoms with Gasteiger partial charge in [-0.1, -0.05) is 36.4 Å². The molecule has 0 saturated carbocycles. The number of carbonyl (C=O) groups excluding carboxylic acids is 2. The van der Waals surface area contributed by atoms with E-state index in [1.807, 2.05) is 60.7 Å². The summed E-state index contributed by atoms with van der Waals surface area (Å²) in [7, 11) is 0. The van der Waals surface area contributed by atoms with Crippen LogP contribution in [0.1, 0.15) is 21.0 Å². The number of nitrogens with zero attached hydrogens (tertiary/aromatic N) is 6. The summed E-state index contributed by atoms with van der Waals surface area (Å²) in [6, 6.07) is 22.2. The van der Waals surface area contributed by atoms with Gasteiger partial charge in [0.2, 0.25) is 11.9 Å². The Morgan fingerprint density at radius 1 is 0.583 bits per heavy atom. The zero-order chi connectivity index (χ0) is 24.7. The molecule has 1 saturated heterocycles. The smallest absolute Gasteiger partial charge is 0.272 e. The Balaban J connectivity index is 1.19. The molecule has 0 spiro atoms. The van der Waals surface area contributed by atoms with E-state index >= 15 is 0 Å². The Labute approximate surface area is 208 Å². The number of benzene rings is 2. The predicted octanol–water partition coefficient (Wildman–Crippen LogP) is 3.35. The molecule has 36 heavy (non-hydrogen) atoms. The lowest BCUT2D eigenvalue weighted by Crippen LogP contribution is -2.50. The topological polar surface area (TPSA) is 116 Å². The van der Waals surface area contributed by atoms with Gasteiger partial charge in [-0.2, -0.15) is 0 Å². The Kier molecular flexibility index (Phi) is 6.74. The molecule has 5 rings (SSSR count). The second-order valence-corrected chi connectivity index (χ2v) is 8.10. The van der Waals surface area contributed by atoms with Crippen LogP contribution in [-0.4, -0.2) is 67.7 Å². The van der Waals surface area contributed by atoms with Crippen LogP contribution in [0.15, 0.2) is 85.2 Å². The first-order chi connectivity index (χ1) is 17.7. The van der Waals surface area contributed by atoms with Crippen LogP contribution in [-0.2, 0) is 0 Å². The minimum Gasteiger partial charge on any atom is -0.334 e. The van der Waals surface area contributed by atoms with Gasteiger partial charge >= 0.3 is 0 Å². The van der Waals surface area contributed by atoms with Gasteiger partial charge < -0.3 is 20.4 Å². The number of aromatic nitrogens is 4. The van der Waals surface area contributed by atoms with Gasteiger partial charge in [0, 0.05) is 49.9 Å². The lowest BCUT2D eigenvalue weighted by Gasteiger charge is -2.34. The summed E-state index contributed by atoms with van der Waals surface area (Å²) < 4.78 is 0. The molecule has 4 aromatic rings. The molecule has 0 bridgehead atoms. The summed E-state index contributed by atoms with van der Waals surface area (Å²) in [5.74, 6) is 0.308. The number of carbonyl (C=O) groups is 2. The van der Waals surface area contributed by atoms with E-state index < -0.39 is 0 Å². The van der Waals surface area contributed by atoms with Gasteiger partial charge in [0.15, 0.2) is 0 Å². The van der Waals surface area contributed by atoms with E-state index in [0.29, 0.717) is 49.5 Å². The highest BCUT2D eigenvalue weighted by Crippen LogP contribution is 2.16. The summed E-state index contributed by atoms with van der Waals surface area (Å²) in [5.41, 5.74) is 2.27. The molecule has 1 aliphatic rings. The van der Waals surface area contributed by atoms with Crippen molar-refractivity contribution in [2.75, 3.05) is 36.8 Å². The van der Waals surface area contributed by atoms with E-state index in [2.05, 4.69) is 30.6 Å². The third-order valence-corrected chi connectivity index (χ3v) is 5.66. The van der Waals surface area contributed by atoms with E-state index in [0.717, 1.165) is 11.4 Å². The molecule has 180 valence electrons. The van der Waals surface area contributed by atoms with Crippen molar-refractivity contribution in [1.82, 2.24) is 29.7 Å². The lowest BCUT2D eigenvalue weighted by molar-refractivity contribution is 0.0529. The van der Waals surface area contributed by atoms with Crippen LogP contribution in [0, 0.1) is 0 Å². The van der Waals surface area contributed by atoms with E-state index in [9.17, 15) is 9.59 Å². The van der Waals surface area contributed by atoms with E-state index in [4.69, 9.17) is 0 Å². The zero-order valence-electron chi connectivity index (χ0n) is 19.4. The van der Waals surface area contributed by atoms with Crippen molar-refractivity contribution in [3.05, 3.63) is 96.6 Å². The minimum absolute atomic E-state index is 0.197. The predicted molar refractivity (Wildman–Crippen MR) is 135 cm³/mol. The lowest BCUT2D eigenvalue weighted by atomic mass is 10.2. The Bertz CT molecular complexity index is 1240. The molecule has 2 amide bonds. The monoisotopic (exact) mass is 480 g/mol. The number of hydrogen-bond acceptors (Lipinski definition) is 8. The third kappa shape index (κ3) is 5.44. The zero-order valence-corrected chi connectivity index (χ0v) is 19.4. The van der Waals surface area contributed by atoms with Crippen LogP contribution in [0.25, 0.3) is 0 Å². The second kappa shape index (κ2) is 10.6. The molecule has 2 N–H and O–H groups in total. The number of hydrogen-bond donors (Lipinski definition) is 2. The fraction of sp³-hybridized carbons (Fsp3) is 0.154. The SMILES string of the molecule is O=C(c1ccnc(Nc2ccccc2)n1)N1CCN(C(=O)c2ccnc(Nc3ccccc3)n2)CC1. The van der Waals surface area contributed by atoms with Crippen LogP contribution in [0.4, 0.5) is 23.3 Å². The van der Waals surface area contributed by atoms with Crippen molar-refractivity contribution in [3.63, 3.8) is 0 Å². The number of rotatable bonds is 6. The Hall–Kier alpha value is -4.86. The highest BCUT2D eigenvalue weighted by molar-refractivity contribution is 5.94. The quantitative estimate of drug-likeness (QED) is 0.432. The number of piperazine rings is 1. The van der Waals surface area contributed by atoms with Crippen LogP contribution < -0.4 is 10.6 Å². The van der Waals surface area contributed by atoms with Gasteiger partial charge in [-0.05, 0) is 36.4 Å². The van der Waals surface area contributed by atoms with Gasteiger partial charge in [0.1, 0.15) is 11.4 Å². The Morgan fingerprint density at radius 3 is 1.36 bits per heavy atom. The van der Waals surface area contributed by atoms with Gasteiger partial charge in [0.25, 0.3) is 11.8 Å². The van der Waals surface area contributed by atoms with E-state index in [1.54, 1.807) is 34.3 Å². The maximum absolute atomic E-state index is 13.0. The molecule has 10 heteroatoms. The Morgan fingerprint density at radius 2 is 0.972 bits per heavy atom. The van der Waals surface area contributed by atoms with Crippen LogP contribution >= 0.6 is 0 Å². The molecule has 0 unspecified atom stereocenters. The first-order valence-electron chi connectivity index (χ1n) is 11.5. The number of amides is 2. The van der Waals surface area contributed by atoms with Crippen molar-refractivity contribution in [1.29, 1.82) is 0 Å².